The molecule has 1 fully saturated rings. The van der Waals surface area contributed by atoms with E-state index in [9.17, 15) is 13.2 Å². The van der Waals surface area contributed by atoms with Crippen molar-refractivity contribution < 1.29 is 17.9 Å². The maximum atomic E-state index is 12.6. The number of ether oxygens (including phenoxy) is 1. The molecule has 2 heterocycles. The Bertz CT molecular complexity index is 668. The standard InChI is InChI=1S/C13H16BrClN2O4S/c1-2-21-13(18)9-4-3-5-17(8-9)22(19,20)10-6-11(14)12(15)16-7-10/h6-7,9H,2-5,8H2,1H3/t9-/m0/s1. The first-order valence-corrected chi connectivity index (χ1v) is 9.45. The molecule has 0 aliphatic carbocycles. The lowest BCUT2D eigenvalue weighted by Gasteiger charge is -2.30. The number of pyridine rings is 1. The van der Waals surface area contributed by atoms with E-state index in [0.717, 1.165) is 0 Å². The van der Waals surface area contributed by atoms with Gasteiger partial charge in [-0.05, 0) is 41.8 Å². The van der Waals surface area contributed by atoms with E-state index in [1.54, 1.807) is 6.92 Å². The Morgan fingerprint density at radius 2 is 2.32 bits per heavy atom. The van der Waals surface area contributed by atoms with E-state index in [0.29, 0.717) is 23.9 Å². The first-order chi connectivity index (χ1) is 10.4. The summed E-state index contributed by atoms with van der Waals surface area (Å²) in [6, 6.07) is 1.42. The van der Waals surface area contributed by atoms with Crippen molar-refractivity contribution in [3.63, 3.8) is 0 Å². The number of sulfonamides is 1. The Morgan fingerprint density at radius 1 is 1.59 bits per heavy atom. The van der Waals surface area contributed by atoms with Crippen LogP contribution in [0.15, 0.2) is 21.6 Å². The molecule has 6 nitrogen and oxygen atoms in total. The highest BCUT2D eigenvalue weighted by Crippen LogP contribution is 2.27. The van der Waals surface area contributed by atoms with Gasteiger partial charge >= 0.3 is 5.97 Å². The van der Waals surface area contributed by atoms with Crippen molar-refractivity contribution in [2.24, 2.45) is 5.92 Å². The number of carbonyl (C=O) groups excluding carboxylic acids is 1. The zero-order valence-electron chi connectivity index (χ0n) is 12.0. The molecule has 0 aromatic carbocycles. The molecule has 1 aliphatic rings. The first kappa shape index (κ1) is 17.7. The van der Waals surface area contributed by atoms with Gasteiger partial charge in [0.1, 0.15) is 10.0 Å². The molecular formula is C13H16BrClN2O4S. The number of aromatic nitrogens is 1. The predicted octanol–water partition coefficient (Wildman–Crippen LogP) is 2.46. The minimum atomic E-state index is -3.71. The number of nitrogens with zero attached hydrogens (tertiary/aromatic N) is 2. The van der Waals surface area contributed by atoms with Gasteiger partial charge in [0, 0.05) is 19.3 Å². The smallest absolute Gasteiger partial charge is 0.310 e. The Hall–Kier alpha value is -0.700. The molecule has 9 heteroatoms. The molecule has 1 aromatic rings. The maximum absolute atomic E-state index is 12.6. The second-order valence-electron chi connectivity index (χ2n) is 4.90. The molecule has 1 aliphatic heterocycles. The summed E-state index contributed by atoms with van der Waals surface area (Å²) < 4.78 is 32.0. The van der Waals surface area contributed by atoms with E-state index in [1.165, 1.54) is 16.6 Å². The number of rotatable bonds is 4. The van der Waals surface area contributed by atoms with Gasteiger partial charge in [-0.1, -0.05) is 11.6 Å². The molecule has 0 N–H and O–H groups in total. The first-order valence-electron chi connectivity index (χ1n) is 6.84. The summed E-state index contributed by atoms with van der Waals surface area (Å²) in [7, 11) is -3.71. The third-order valence-corrected chi connectivity index (χ3v) is 6.38. The van der Waals surface area contributed by atoms with Crippen molar-refractivity contribution in [1.82, 2.24) is 9.29 Å². The number of carbonyl (C=O) groups is 1. The lowest BCUT2D eigenvalue weighted by molar-refractivity contribution is -0.149. The second kappa shape index (κ2) is 7.25. The third-order valence-electron chi connectivity index (χ3n) is 3.41. The van der Waals surface area contributed by atoms with E-state index in [1.807, 2.05) is 0 Å². The minimum absolute atomic E-state index is 0.0493. The van der Waals surface area contributed by atoms with Crippen molar-refractivity contribution >= 4 is 43.5 Å². The summed E-state index contributed by atoms with van der Waals surface area (Å²) in [6.07, 6.45) is 2.47. The topological polar surface area (TPSA) is 76.6 Å². The number of esters is 1. The van der Waals surface area contributed by atoms with Crippen molar-refractivity contribution in [2.75, 3.05) is 19.7 Å². The third kappa shape index (κ3) is 3.79. The minimum Gasteiger partial charge on any atom is -0.466 e. The van der Waals surface area contributed by atoms with Crippen LogP contribution in [0.2, 0.25) is 5.15 Å². The van der Waals surface area contributed by atoms with Gasteiger partial charge < -0.3 is 4.74 Å². The summed E-state index contributed by atoms with van der Waals surface area (Å²) in [6.45, 7) is 2.52. The van der Waals surface area contributed by atoms with Gasteiger partial charge in [-0.15, -0.1) is 0 Å². The molecule has 0 bridgehead atoms. The van der Waals surface area contributed by atoms with Crippen LogP contribution in [0.4, 0.5) is 0 Å². The molecular weight excluding hydrogens is 396 g/mol. The van der Waals surface area contributed by atoms with Gasteiger partial charge in [0.05, 0.1) is 17.0 Å². The molecule has 2 rings (SSSR count). The van der Waals surface area contributed by atoms with Crippen LogP contribution in [0.1, 0.15) is 19.8 Å². The van der Waals surface area contributed by atoms with Crippen molar-refractivity contribution in [2.45, 2.75) is 24.7 Å². The van der Waals surface area contributed by atoms with Crippen LogP contribution in [-0.4, -0.2) is 43.4 Å². The summed E-state index contributed by atoms with van der Waals surface area (Å²) >= 11 is 8.96. The Balaban J connectivity index is 2.21. The summed E-state index contributed by atoms with van der Waals surface area (Å²) in [5, 5.41) is 0.196. The summed E-state index contributed by atoms with van der Waals surface area (Å²) in [4.78, 5) is 15.7. The van der Waals surface area contributed by atoms with Crippen LogP contribution < -0.4 is 0 Å². The molecule has 122 valence electrons. The Kier molecular flexibility index (Phi) is 5.81. The van der Waals surface area contributed by atoms with Crippen LogP contribution >= 0.6 is 27.5 Å². The van der Waals surface area contributed by atoms with E-state index < -0.39 is 15.9 Å². The molecule has 1 atom stereocenters. The van der Waals surface area contributed by atoms with E-state index >= 15 is 0 Å². The van der Waals surface area contributed by atoms with Gasteiger partial charge in [0.2, 0.25) is 10.0 Å². The lowest BCUT2D eigenvalue weighted by atomic mass is 10.0. The van der Waals surface area contributed by atoms with Gasteiger partial charge in [0.15, 0.2) is 0 Å². The average Bonchev–Trinajstić information content (AvgIpc) is 2.50. The van der Waals surface area contributed by atoms with Gasteiger partial charge in [-0.2, -0.15) is 4.31 Å². The molecule has 0 saturated carbocycles. The van der Waals surface area contributed by atoms with Crippen molar-refractivity contribution in [3.8, 4) is 0 Å². The highest BCUT2D eigenvalue weighted by molar-refractivity contribution is 9.10. The second-order valence-corrected chi connectivity index (χ2v) is 8.05. The van der Waals surface area contributed by atoms with Gasteiger partial charge in [-0.3, -0.25) is 4.79 Å². The fraction of sp³-hybridized carbons (Fsp3) is 0.538. The lowest BCUT2D eigenvalue weighted by Crippen LogP contribution is -2.42. The molecule has 0 unspecified atom stereocenters. The quantitative estimate of drug-likeness (QED) is 0.562. The molecule has 0 amide bonds. The van der Waals surface area contributed by atoms with Gasteiger partial charge in [-0.25, -0.2) is 13.4 Å². The maximum Gasteiger partial charge on any atom is 0.310 e. The molecule has 1 aromatic heterocycles. The monoisotopic (exact) mass is 410 g/mol. The number of hydrogen-bond acceptors (Lipinski definition) is 5. The highest BCUT2D eigenvalue weighted by atomic mass is 79.9. The molecule has 22 heavy (non-hydrogen) atoms. The molecule has 1 saturated heterocycles. The summed E-state index contributed by atoms with van der Waals surface area (Å²) in [5.41, 5.74) is 0. The van der Waals surface area contributed by atoms with E-state index in [4.69, 9.17) is 16.3 Å². The largest absolute Gasteiger partial charge is 0.466 e. The molecule has 0 spiro atoms. The van der Waals surface area contributed by atoms with Crippen molar-refractivity contribution in [3.05, 3.63) is 21.9 Å². The van der Waals surface area contributed by atoms with Gasteiger partial charge in [0.25, 0.3) is 0 Å². The highest BCUT2D eigenvalue weighted by Gasteiger charge is 2.34. The van der Waals surface area contributed by atoms with E-state index in [2.05, 4.69) is 20.9 Å². The number of hydrogen-bond donors (Lipinski definition) is 0. The fourth-order valence-corrected chi connectivity index (χ4v) is 4.41. The normalized spacial score (nSPS) is 19.9. The fourth-order valence-electron chi connectivity index (χ4n) is 2.31. The summed E-state index contributed by atoms with van der Waals surface area (Å²) in [5.74, 6) is -0.773. The Labute approximate surface area is 143 Å². The zero-order valence-corrected chi connectivity index (χ0v) is 15.1. The molecule has 0 radical (unpaired) electrons. The number of halogens is 2. The van der Waals surface area contributed by atoms with Crippen LogP contribution in [0, 0.1) is 5.92 Å². The van der Waals surface area contributed by atoms with Crippen LogP contribution in [0.3, 0.4) is 0 Å². The number of piperidine rings is 1. The Morgan fingerprint density at radius 3 is 2.95 bits per heavy atom. The average molecular weight is 412 g/mol. The van der Waals surface area contributed by atoms with E-state index in [-0.39, 0.29) is 29.2 Å². The van der Waals surface area contributed by atoms with Crippen LogP contribution in [0.25, 0.3) is 0 Å². The SMILES string of the molecule is CCOC(=O)[C@H]1CCCN(S(=O)(=O)c2cnc(Cl)c(Br)c2)C1. The zero-order chi connectivity index (χ0) is 16.3. The predicted molar refractivity (Wildman–Crippen MR) is 85.1 cm³/mol. The van der Waals surface area contributed by atoms with Crippen LogP contribution in [-0.2, 0) is 19.6 Å². The van der Waals surface area contributed by atoms with Crippen LogP contribution in [0.5, 0.6) is 0 Å². The van der Waals surface area contributed by atoms with Crippen molar-refractivity contribution in [1.29, 1.82) is 0 Å².